The van der Waals surface area contributed by atoms with E-state index in [1.54, 1.807) is 35.0 Å². The fourth-order valence-electron chi connectivity index (χ4n) is 2.27. The van der Waals surface area contributed by atoms with E-state index in [4.69, 9.17) is 5.11 Å². The van der Waals surface area contributed by atoms with E-state index in [1.165, 1.54) is 0 Å². The maximum atomic E-state index is 12.2. The molecule has 0 bridgehead atoms. The smallest absolute Gasteiger partial charge is 0.335 e. The molecule has 1 aliphatic rings. The van der Waals surface area contributed by atoms with Crippen molar-refractivity contribution in [3.8, 4) is 0 Å². The van der Waals surface area contributed by atoms with Gasteiger partial charge in [-0.3, -0.25) is 4.90 Å². The number of hydrogen-bond donors (Lipinski definition) is 1. The lowest BCUT2D eigenvalue weighted by Crippen LogP contribution is -2.43. The van der Waals surface area contributed by atoms with E-state index in [-0.39, 0.29) is 11.6 Å². The number of carbonyl (C=O) groups excluding carboxylic acids is 1. The maximum Gasteiger partial charge on any atom is 0.335 e. The summed E-state index contributed by atoms with van der Waals surface area (Å²) in [6, 6.07) is 4.92. The Hall–Kier alpha value is -2.04. The molecule has 1 N–H and O–H groups in total. The standard InChI is InChI=1S/C14H18N2O3/c1-3-15(2)14(19)16-8-4-5-10-9-11(13(17)18)6-7-12(10)16/h6-7,9H,3-5,8H2,1-2H3,(H,17,18). The zero-order chi connectivity index (χ0) is 14.0. The lowest BCUT2D eigenvalue weighted by Gasteiger charge is -2.32. The minimum atomic E-state index is -0.933. The summed E-state index contributed by atoms with van der Waals surface area (Å²) in [6.07, 6.45) is 1.68. The number of hydrogen-bond acceptors (Lipinski definition) is 2. The molecule has 0 atom stereocenters. The van der Waals surface area contributed by atoms with Crippen LogP contribution in [0.2, 0.25) is 0 Å². The van der Waals surface area contributed by atoms with Gasteiger partial charge in [-0.25, -0.2) is 9.59 Å². The lowest BCUT2D eigenvalue weighted by molar-refractivity contribution is 0.0696. The number of fused-ring (bicyclic) bond motifs is 1. The van der Waals surface area contributed by atoms with Gasteiger partial charge >= 0.3 is 12.0 Å². The first kappa shape index (κ1) is 13.4. The van der Waals surface area contributed by atoms with Crippen molar-refractivity contribution in [2.45, 2.75) is 19.8 Å². The number of aryl methyl sites for hydroxylation is 1. The third-order valence-electron chi connectivity index (χ3n) is 3.48. The number of aromatic carboxylic acids is 1. The molecular formula is C14H18N2O3. The molecule has 0 spiro atoms. The first-order valence-electron chi connectivity index (χ1n) is 6.43. The number of carboxylic acids is 1. The van der Waals surface area contributed by atoms with Crippen molar-refractivity contribution in [1.29, 1.82) is 0 Å². The van der Waals surface area contributed by atoms with Gasteiger partial charge in [-0.05, 0) is 43.5 Å². The second-order valence-corrected chi connectivity index (χ2v) is 4.70. The Morgan fingerprint density at radius 1 is 1.42 bits per heavy atom. The Kier molecular flexibility index (Phi) is 3.74. The van der Waals surface area contributed by atoms with Gasteiger partial charge in [0.1, 0.15) is 0 Å². The molecule has 5 nitrogen and oxygen atoms in total. The molecule has 0 radical (unpaired) electrons. The number of nitrogens with zero attached hydrogens (tertiary/aromatic N) is 2. The molecule has 1 aromatic rings. The molecular weight excluding hydrogens is 244 g/mol. The van der Waals surface area contributed by atoms with Gasteiger partial charge in [0.2, 0.25) is 0 Å². The second kappa shape index (κ2) is 5.30. The Morgan fingerprint density at radius 3 is 2.79 bits per heavy atom. The molecule has 0 fully saturated rings. The normalized spacial score (nSPS) is 13.9. The van der Waals surface area contributed by atoms with Gasteiger partial charge in [0.05, 0.1) is 5.56 Å². The van der Waals surface area contributed by atoms with E-state index in [2.05, 4.69) is 0 Å². The predicted octanol–water partition coefficient (Wildman–Crippen LogP) is 2.21. The summed E-state index contributed by atoms with van der Waals surface area (Å²) < 4.78 is 0. The Balaban J connectivity index is 2.34. The fraction of sp³-hybridized carbons (Fsp3) is 0.429. The monoisotopic (exact) mass is 262 g/mol. The van der Waals surface area contributed by atoms with Gasteiger partial charge in [-0.1, -0.05) is 0 Å². The topological polar surface area (TPSA) is 60.9 Å². The lowest BCUT2D eigenvalue weighted by atomic mass is 9.99. The molecule has 0 saturated heterocycles. The van der Waals surface area contributed by atoms with Gasteiger partial charge in [0.25, 0.3) is 0 Å². The third kappa shape index (κ3) is 2.54. The fourth-order valence-corrected chi connectivity index (χ4v) is 2.27. The highest BCUT2D eigenvalue weighted by molar-refractivity contribution is 5.95. The van der Waals surface area contributed by atoms with Crippen LogP contribution in [0.5, 0.6) is 0 Å². The highest BCUT2D eigenvalue weighted by atomic mass is 16.4. The van der Waals surface area contributed by atoms with Crippen molar-refractivity contribution in [2.75, 3.05) is 25.0 Å². The summed E-state index contributed by atoms with van der Waals surface area (Å²) in [5.41, 5.74) is 2.04. The first-order valence-corrected chi connectivity index (χ1v) is 6.43. The van der Waals surface area contributed by atoms with Crippen molar-refractivity contribution in [2.24, 2.45) is 0 Å². The number of carboxylic acid groups (broad SMARTS) is 1. The van der Waals surface area contributed by atoms with E-state index >= 15 is 0 Å². The van der Waals surface area contributed by atoms with Gasteiger partial charge in [-0.15, -0.1) is 0 Å². The number of rotatable bonds is 2. The molecule has 0 aromatic heterocycles. The number of benzene rings is 1. The van der Waals surface area contributed by atoms with Gasteiger partial charge in [0, 0.05) is 25.8 Å². The Labute approximate surface area is 112 Å². The van der Waals surface area contributed by atoms with E-state index in [9.17, 15) is 9.59 Å². The third-order valence-corrected chi connectivity index (χ3v) is 3.48. The molecule has 0 unspecified atom stereocenters. The van der Waals surface area contributed by atoms with E-state index in [0.717, 1.165) is 24.1 Å². The van der Waals surface area contributed by atoms with Crippen LogP contribution in [0.15, 0.2) is 18.2 Å². The maximum absolute atomic E-state index is 12.2. The average Bonchev–Trinajstić information content (AvgIpc) is 2.44. The zero-order valence-corrected chi connectivity index (χ0v) is 11.2. The quantitative estimate of drug-likeness (QED) is 0.888. The molecule has 102 valence electrons. The first-order chi connectivity index (χ1) is 9.04. The van der Waals surface area contributed by atoms with E-state index < -0.39 is 5.97 Å². The van der Waals surface area contributed by atoms with Gasteiger partial charge in [-0.2, -0.15) is 0 Å². The Bertz CT molecular complexity index is 513. The SMILES string of the molecule is CCN(C)C(=O)N1CCCc2cc(C(=O)O)ccc21. The van der Waals surface area contributed by atoms with Crippen molar-refractivity contribution >= 4 is 17.7 Å². The molecule has 2 rings (SSSR count). The van der Waals surface area contributed by atoms with Crippen LogP contribution in [0, 0.1) is 0 Å². The van der Waals surface area contributed by atoms with Crippen molar-refractivity contribution in [3.63, 3.8) is 0 Å². The van der Waals surface area contributed by atoms with E-state index in [1.807, 2.05) is 6.92 Å². The largest absolute Gasteiger partial charge is 0.478 e. The molecule has 1 aromatic carbocycles. The summed E-state index contributed by atoms with van der Waals surface area (Å²) >= 11 is 0. The number of urea groups is 1. The van der Waals surface area contributed by atoms with Gasteiger partial charge in [0.15, 0.2) is 0 Å². The van der Waals surface area contributed by atoms with Crippen LogP contribution in [-0.4, -0.2) is 42.1 Å². The van der Waals surface area contributed by atoms with E-state index in [0.29, 0.717) is 13.1 Å². The summed E-state index contributed by atoms with van der Waals surface area (Å²) in [6.45, 7) is 3.26. The molecule has 19 heavy (non-hydrogen) atoms. The van der Waals surface area contributed by atoms with Crippen LogP contribution in [0.1, 0.15) is 29.3 Å². The molecule has 5 heteroatoms. The van der Waals surface area contributed by atoms with Crippen LogP contribution in [0.4, 0.5) is 10.5 Å². The van der Waals surface area contributed by atoms with Crippen LogP contribution in [0.3, 0.4) is 0 Å². The molecule has 0 aliphatic carbocycles. The Morgan fingerprint density at radius 2 is 2.16 bits per heavy atom. The number of anilines is 1. The van der Waals surface area contributed by atoms with Crippen LogP contribution >= 0.6 is 0 Å². The zero-order valence-electron chi connectivity index (χ0n) is 11.2. The summed E-state index contributed by atoms with van der Waals surface area (Å²) in [4.78, 5) is 26.6. The van der Waals surface area contributed by atoms with Crippen LogP contribution in [-0.2, 0) is 6.42 Å². The number of carbonyl (C=O) groups is 2. The summed E-state index contributed by atoms with van der Waals surface area (Å²) in [7, 11) is 1.77. The highest BCUT2D eigenvalue weighted by Gasteiger charge is 2.25. The van der Waals surface area contributed by atoms with Crippen molar-refractivity contribution in [1.82, 2.24) is 4.90 Å². The highest BCUT2D eigenvalue weighted by Crippen LogP contribution is 2.28. The summed E-state index contributed by atoms with van der Waals surface area (Å²) in [5.74, 6) is -0.933. The average molecular weight is 262 g/mol. The van der Waals surface area contributed by atoms with Crippen molar-refractivity contribution < 1.29 is 14.7 Å². The van der Waals surface area contributed by atoms with Crippen molar-refractivity contribution in [3.05, 3.63) is 29.3 Å². The molecule has 1 heterocycles. The second-order valence-electron chi connectivity index (χ2n) is 4.70. The number of amides is 2. The molecule has 0 saturated carbocycles. The van der Waals surface area contributed by atoms with Crippen LogP contribution < -0.4 is 4.90 Å². The minimum Gasteiger partial charge on any atom is -0.478 e. The summed E-state index contributed by atoms with van der Waals surface area (Å²) in [5, 5.41) is 9.00. The van der Waals surface area contributed by atoms with Crippen LogP contribution in [0.25, 0.3) is 0 Å². The molecule has 1 aliphatic heterocycles. The predicted molar refractivity (Wildman–Crippen MR) is 72.8 cm³/mol. The minimum absolute atomic E-state index is 0.0356. The molecule has 2 amide bonds. The van der Waals surface area contributed by atoms with Gasteiger partial charge < -0.3 is 10.0 Å².